The molecule has 3 heteroatoms. The first-order valence-corrected chi connectivity index (χ1v) is 4.47. The zero-order valence-electron chi connectivity index (χ0n) is 8.73. The molecule has 0 radical (unpaired) electrons. The second kappa shape index (κ2) is 4.55. The highest BCUT2D eigenvalue weighted by Gasteiger charge is 2.33. The molecule has 1 atom stereocenters. The summed E-state index contributed by atoms with van der Waals surface area (Å²) in [6.07, 6.45) is -0.793. The maximum Gasteiger partial charge on any atom is 0.195 e. The summed E-state index contributed by atoms with van der Waals surface area (Å²) >= 11 is 0. The monoisotopic (exact) mass is 196 g/mol. The summed E-state index contributed by atoms with van der Waals surface area (Å²) in [6.45, 7) is 1.70. The molecule has 0 aliphatic carbocycles. The second-order valence-corrected chi connectivity index (χ2v) is 3.24. The molecule has 0 aliphatic rings. The normalized spacial score (nSPS) is 14.0. The molecule has 0 heterocycles. The van der Waals surface area contributed by atoms with E-state index in [1.54, 1.807) is 6.92 Å². The minimum absolute atomic E-state index is 0.777. The summed E-state index contributed by atoms with van der Waals surface area (Å²) in [7, 11) is 3.02. The molecule has 14 heavy (non-hydrogen) atoms. The molecule has 1 rings (SSSR count). The average Bonchev–Trinajstić information content (AvgIpc) is 2.28. The van der Waals surface area contributed by atoms with Gasteiger partial charge in [0.1, 0.15) is 6.10 Å². The molecule has 0 aliphatic heterocycles. The van der Waals surface area contributed by atoms with Gasteiger partial charge in [-0.25, -0.2) is 0 Å². The first-order valence-electron chi connectivity index (χ1n) is 4.47. The van der Waals surface area contributed by atoms with Crippen LogP contribution in [0.3, 0.4) is 0 Å². The third-order valence-corrected chi connectivity index (χ3v) is 2.42. The highest BCUT2D eigenvalue weighted by Crippen LogP contribution is 2.28. The number of benzene rings is 1. The molecule has 1 aromatic rings. The molecular weight excluding hydrogens is 180 g/mol. The fraction of sp³-hybridized carbons (Fsp3) is 0.455. The summed E-state index contributed by atoms with van der Waals surface area (Å²) in [5.74, 6) is -0.999. The lowest BCUT2D eigenvalue weighted by Crippen LogP contribution is -2.37. The van der Waals surface area contributed by atoms with E-state index in [0.717, 1.165) is 5.56 Å². The van der Waals surface area contributed by atoms with Gasteiger partial charge >= 0.3 is 0 Å². The van der Waals surface area contributed by atoms with E-state index in [2.05, 4.69) is 0 Å². The number of aliphatic hydroxyl groups is 1. The van der Waals surface area contributed by atoms with Crippen LogP contribution in [0.25, 0.3) is 0 Å². The zero-order chi connectivity index (χ0) is 10.6. The van der Waals surface area contributed by atoms with Gasteiger partial charge in [-0.15, -0.1) is 0 Å². The maximum absolute atomic E-state index is 9.99. The molecule has 0 saturated heterocycles. The number of hydrogen-bond acceptors (Lipinski definition) is 3. The Balaban J connectivity index is 2.89. The van der Waals surface area contributed by atoms with Crippen molar-refractivity contribution in [1.82, 2.24) is 0 Å². The fourth-order valence-corrected chi connectivity index (χ4v) is 1.24. The molecule has 0 spiro atoms. The molecule has 0 amide bonds. The number of hydrogen-bond donors (Lipinski definition) is 1. The van der Waals surface area contributed by atoms with E-state index in [4.69, 9.17) is 9.47 Å². The van der Waals surface area contributed by atoms with Gasteiger partial charge in [-0.1, -0.05) is 30.3 Å². The smallest absolute Gasteiger partial charge is 0.195 e. The van der Waals surface area contributed by atoms with Crippen LogP contribution >= 0.6 is 0 Å². The van der Waals surface area contributed by atoms with Crippen LogP contribution in [0.2, 0.25) is 0 Å². The predicted molar refractivity (Wildman–Crippen MR) is 53.8 cm³/mol. The minimum atomic E-state index is -0.999. The Hall–Kier alpha value is -0.900. The molecule has 78 valence electrons. The first kappa shape index (κ1) is 11.2. The van der Waals surface area contributed by atoms with Gasteiger partial charge in [0, 0.05) is 14.2 Å². The summed E-state index contributed by atoms with van der Waals surface area (Å²) < 4.78 is 10.3. The molecule has 0 bridgehead atoms. The summed E-state index contributed by atoms with van der Waals surface area (Å²) in [6, 6.07) is 9.30. The number of ether oxygens (including phenoxy) is 2. The number of aliphatic hydroxyl groups excluding tert-OH is 1. The minimum Gasteiger partial charge on any atom is -0.383 e. The van der Waals surface area contributed by atoms with Crippen LogP contribution in [0.15, 0.2) is 30.3 Å². The van der Waals surface area contributed by atoms with Gasteiger partial charge in [0.2, 0.25) is 0 Å². The Morgan fingerprint density at radius 1 is 1.14 bits per heavy atom. The molecule has 1 N–H and O–H groups in total. The molecule has 0 fully saturated rings. The standard InChI is InChI=1S/C11H16O3/c1-11(13-2,14-3)10(12)9-7-5-4-6-8-9/h4-8,10,12H,1-3H3. The third-order valence-electron chi connectivity index (χ3n) is 2.42. The Morgan fingerprint density at radius 2 is 1.64 bits per heavy atom. The van der Waals surface area contributed by atoms with Crippen molar-refractivity contribution in [3.8, 4) is 0 Å². The van der Waals surface area contributed by atoms with Gasteiger partial charge in [-0.05, 0) is 12.5 Å². The molecule has 1 aromatic carbocycles. The predicted octanol–water partition coefficient (Wildman–Crippen LogP) is 1.73. The molecule has 0 saturated carbocycles. The van der Waals surface area contributed by atoms with Crippen molar-refractivity contribution in [3.63, 3.8) is 0 Å². The van der Waals surface area contributed by atoms with E-state index in [0.29, 0.717) is 0 Å². The van der Waals surface area contributed by atoms with Crippen LogP contribution < -0.4 is 0 Å². The number of rotatable bonds is 4. The van der Waals surface area contributed by atoms with E-state index >= 15 is 0 Å². The lowest BCUT2D eigenvalue weighted by atomic mass is 10.0. The zero-order valence-corrected chi connectivity index (χ0v) is 8.73. The van der Waals surface area contributed by atoms with Crippen molar-refractivity contribution < 1.29 is 14.6 Å². The molecular formula is C11H16O3. The maximum atomic E-state index is 9.99. The van der Waals surface area contributed by atoms with E-state index < -0.39 is 11.9 Å². The van der Waals surface area contributed by atoms with E-state index in [9.17, 15) is 5.11 Å². The lowest BCUT2D eigenvalue weighted by molar-refractivity contribution is -0.249. The van der Waals surface area contributed by atoms with Crippen molar-refractivity contribution in [2.75, 3.05) is 14.2 Å². The summed E-state index contributed by atoms with van der Waals surface area (Å²) in [4.78, 5) is 0. The highest BCUT2D eigenvalue weighted by atomic mass is 16.7. The Morgan fingerprint density at radius 3 is 2.07 bits per heavy atom. The van der Waals surface area contributed by atoms with Crippen LogP contribution in [0.1, 0.15) is 18.6 Å². The quantitative estimate of drug-likeness (QED) is 0.745. The second-order valence-electron chi connectivity index (χ2n) is 3.24. The third kappa shape index (κ3) is 2.12. The van der Waals surface area contributed by atoms with Crippen LogP contribution in [0.5, 0.6) is 0 Å². The summed E-state index contributed by atoms with van der Waals surface area (Å²) in [5.41, 5.74) is 0.777. The van der Waals surface area contributed by atoms with E-state index in [1.807, 2.05) is 30.3 Å². The van der Waals surface area contributed by atoms with Crippen LogP contribution in [0.4, 0.5) is 0 Å². The van der Waals surface area contributed by atoms with Crippen LogP contribution in [0, 0.1) is 0 Å². The average molecular weight is 196 g/mol. The number of methoxy groups -OCH3 is 2. The Kier molecular flexibility index (Phi) is 3.63. The van der Waals surface area contributed by atoms with Gasteiger partial charge in [-0.2, -0.15) is 0 Å². The lowest BCUT2D eigenvalue weighted by Gasteiger charge is -2.31. The van der Waals surface area contributed by atoms with Crippen molar-refractivity contribution in [1.29, 1.82) is 0 Å². The van der Waals surface area contributed by atoms with Gasteiger partial charge in [0.25, 0.3) is 0 Å². The topological polar surface area (TPSA) is 38.7 Å². The van der Waals surface area contributed by atoms with Crippen molar-refractivity contribution >= 4 is 0 Å². The van der Waals surface area contributed by atoms with Gasteiger partial charge in [0.15, 0.2) is 5.79 Å². The SMILES string of the molecule is COC(C)(OC)C(O)c1ccccc1. The molecule has 3 nitrogen and oxygen atoms in total. The van der Waals surface area contributed by atoms with Crippen molar-refractivity contribution in [3.05, 3.63) is 35.9 Å². The highest BCUT2D eigenvalue weighted by molar-refractivity contribution is 5.19. The largest absolute Gasteiger partial charge is 0.383 e. The van der Waals surface area contributed by atoms with E-state index in [1.165, 1.54) is 14.2 Å². The molecule has 1 unspecified atom stereocenters. The van der Waals surface area contributed by atoms with Crippen molar-refractivity contribution in [2.24, 2.45) is 0 Å². The van der Waals surface area contributed by atoms with Crippen LogP contribution in [-0.4, -0.2) is 25.1 Å². The van der Waals surface area contributed by atoms with E-state index in [-0.39, 0.29) is 0 Å². The summed E-state index contributed by atoms with van der Waals surface area (Å²) in [5, 5.41) is 9.99. The van der Waals surface area contributed by atoms with Crippen LogP contribution in [-0.2, 0) is 9.47 Å². The molecule has 0 aromatic heterocycles. The van der Waals surface area contributed by atoms with Gasteiger partial charge < -0.3 is 14.6 Å². The Labute approximate surface area is 84.3 Å². The van der Waals surface area contributed by atoms with Crippen molar-refractivity contribution in [2.45, 2.75) is 18.8 Å². The van der Waals surface area contributed by atoms with Gasteiger partial charge in [-0.3, -0.25) is 0 Å². The Bertz CT molecular complexity index is 267. The fourth-order valence-electron chi connectivity index (χ4n) is 1.24. The van der Waals surface area contributed by atoms with Gasteiger partial charge in [0.05, 0.1) is 0 Å². The first-order chi connectivity index (χ1) is 6.64.